The lowest BCUT2D eigenvalue weighted by molar-refractivity contribution is -0.0760. The number of hydrogen-bond donors (Lipinski definition) is 2. The van der Waals surface area contributed by atoms with Crippen LogP contribution in [-0.2, 0) is 10.8 Å². The molecule has 0 aliphatic carbocycles. The summed E-state index contributed by atoms with van der Waals surface area (Å²) in [6.45, 7) is 6.86. The van der Waals surface area contributed by atoms with E-state index in [1.807, 2.05) is 6.07 Å². The van der Waals surface area contributed by atoms with E-state index >= 15 is 0 Å². The van der Waals surface area contributed by atoms with E-state index in [2.05, 4.69) is 44.3 Å². The number of ether oxygens (including phenoxy) is 1. The molecule has 0 unspecified atom stereocenters. The van der Waals surface area contributed by atoms with Gasteiger partial charge in [-0.2, -0.15) is 0 Å². The van der Waals surface area contributed by atoms with Gasteiger partial charge in [-0.25, -0.2) is 0 Å². The summed E-state index contributed by atoms with van der Waals surface area (Å²) in [5.74, 6) is 0. The molecule has 2 rings (SSSR count). The molecule has 1 aromatic carbocycles. The summed E-state index contributed by atoms with van der Waals surface area (Å²) in [7, 11) is -1.87. The van der Waals surface area contributed by atoms with E-state index in [4.69, 9.17) is 4.74 Å². The van der Waals surface area contributed by atoms with Gasteiger partial charge in [-0.3, -0.25) is 0 Å². The first-order valence-electron chi connectivity index (χ1n) is 9.45. The molecular formula is C20H34O3Si. The van der Waals surface area contributed by atoms with Crippen molar-refractivity contribution in [1.82, 2.24) is 0 Å². The van der Waals surface area contributed by atoms with Crippen molar-refractivity contribution in [3.05, 3.63) is 35.9 Å². The fourth-order valence-corrected chi connectivity index (χ4v) is 7.24. The molecule has 0 bridgehead atoms. The highest BCUT2D eigenvalue weighted by Crippen LogP contribution is 2.40. The second-order valence-corrected chi connectivity index (χ2v) is 13.0. The topological polar surface area (TPSA) is 49.7 Å². The van der Waals surface area contributed by atoms with E-state index in [1.54, 1.807) is 0 Å². The Balaban J connectivity index is 2.03. The third kappa shape index (κ3) is 4.48. The minimum absolute atomic E-state index is 0.0667. The Kier molecular flexibility index (Phi) is 7.05. The van der Waals surface area contributed by atoms with Crippen molar-refractivity contribution < 1.29 is 14.9 Å². The monoisotopic (exact) mass is 350 g/mol. The van der Waals surface area contributed by atoms with Crippen molar-refractivity contribution in [1.29, 1.82) is 0 Å². The van der Waals surface area contributed by atoms with Gasteiger partial charge in [0.2, 0.25) is 0 Å². The molecule has 1 aromatic rings. The van der Waals surface area contributed by atoms with Crippen molar-refractivity contribution >= 4 is 8.07 Å². The molecule has 0 aromatic heterocycles. The molecule has 4 heteroatoms. The zero-order valence-corrected chi connectivity index (χ0v) is 16.5. The number of benzene rings is 1. The average molecular weight is 351 g/mol. The quantitative estimate of drug-likeness (QED) is 0.525. The molecule has 1 saturated heterocycles. The van der Waals surface area contributed by atoms with E-state index in [9.17, 15) is 10.2 Å². The molecule has 24 heavy (non-hydrogen) atoms. The lowest BCUT2D eigenvalue weighted by atomic mass is 10.0. The number of rotatable bonds is 9. The molecule has 3 nitrogen and oxygen atoms in total. The number of aliphatic hydroxyl groups excluding tert-OH is 2. The normalized spacial score (nSPS) is 25.8. The van der Waals surface area contributed by atoms with Crippen molar-refractivity contribution in [3.8, 4) is 0 Å². The van der Waals surface area contributed by atoms with Crippen molar-refractivity contribution in [2.24, 2.45) is 0 Å². The first-order valence-corrected chi connectivity index (χ1v) is 12.7. The molecule has 0 saturated carbocycles. The number of hydrogen-bond acceptors (Lipinski definition) is 3. The van der Waals surface area contributed by atoms with Gasteiger partial charge in [0.05, 0.1) is 32.1 Å². The van der Waals surface area contributed by atoms with E-state index in [0.29, 0.717) is 0 Å². The summed E-state index contributed by atoms with van der Waals surface area (Å²) in [5, 5.41) is 20.2. The predicted molar refractivity (Wildman–Crippen MR) is 102 cm³/mol. The number of aliphatic hydroxyl groups is 2. The summed E-state index contributed by atoms with van der Waals surface area (Å²) in [6.07, 6.45) is 5.39. The van der Waals surface area contributed by atoms with Crippen molar-refractivity contribution in [2.75, 3.05) is 6.61 Å². The van der Waals surface area contributed by atoms with Gasteiger partial charge in [0.1, 0.15) is 0 Å². The molecule has 3 atom stereocenters. The second kappa shape index (κ2) is 8.61. The molecule has 1 heterocycles. The Hall–Kier alpha value is -0.683. The maximum absolute atomic E-state index is 10.5. The standard InChI is InChI=1S/C20H34O3Si/c1-4-5-7-12-18(22)19-13-14-20(16-21,23-19)24(2,3)15-17-10-8-6-9-11-17/h6,8-11,18-19,21-22H,4-5,7,12-16H2,1-3H3/t18-,19-,20-/m1/s1. The van der Waals surface area contributed by atoms with Gasteiger partial charge in [0, 0.05) is 0 Å². The van der Waals surface area contributed by atoms with E-state index in [-0.39, 0.29) is 12.7 Å². The van der Waals surface area contributed by atoms with Gasteiger partial charge < -0.3 is 14.9 Å². The Labute approximate surface area is 148 Å². The van der Waals surface area contributed by atoms with Crippen LogP contribution < -0.4 is 0 Å². The lowest BCUT2D eigenvalue weighted by Crippen LogP contribution is -2.59. The molecule has 0 amide bonds. The van der Waals surface area contributed by atoms with Gasteiger partial charge in [0.25, 0.3) is 0 Å². The van der Waals surface area contributed by atoms with Crippen LogP contribution in [0.4, 0.5) is 0 Å². The van der Waals surface area contributed by atoms with Gasteiger partial charge in [0.15, 0.2) is 0 Å². The highest BCUT2D eigenvalue weighted by atomic mass is 28.3. The maximum Gasteiger partial charge on any atom is 0.0928 e. The fraction of sp³-hybridized carbons (Fsp3) is 0.700. The zero-order chi connectivity index (χ0) is 17.6. The van der Waals surface area contributed by atoms with Crippen LogP contribution in [0.25, 0.3) is 0 Å². The SMILES string of the molecule is CCCCC[C@@H](O)[C@H]1CC[C@](CO)([Si](C)(C)Cc2ccccc2)O1. The van der Waals surface area contributed by atoms with Gasteiger partial charge in [-0.1, -0.05) is 75.2 Å². The van der Waals surface area contributed by atoms with Crippen LogP contribution in [0.15, 0.2) is 30.3 Å². The minimum atomic E-state index is -1.87. The molecule has 2 N–H and O–H groups in total. The first kappa shape index (κ1) is 19.6. The summed E-state index contributed by atoms with van der Waals surface area (Å²) < 4.78 is 6.39. The average Bonchev–Trinajstić information content (AvgIpc) is 3.02. The highest BCUT2D eigenvalue weighted by Gasteiger charge is 2.53. The summed E-state index contributed by atoms with van der Waals surface area (Å²) >= 11 is 0. The largest absolute Gasteiger partial charge is 0.394 e. The second-order valence-electron chi connectivity index (χ2n) is 7.96. The lowest BCUT2D eigenvalue weighted by Gasteiger charge is -2.42. The minimum Gasteiger partial charge on any atom is -0.394 e. The summed E-state index contributed by atoms with van der Waals surface area (Å²) in [6, 6.07) is 11.5. The Morgan fingerprint density at radius 3 is 2.58 bits per heavy atom. The summed E-state index contributed by atoms with van der Waals surface area (Å²) in [5.41, 5.74) is 1.32. The van der Waals surface area contributed by atoms with Crippen LogP contribution in [0, 0.1) is 0 Å². The molecule has 1 aliphatic heterocycles. The number of unbranched alkanes of at least 4 members (excludes halogenated alkanes) is 2. The van der Waals surface area contributed by atoms with E-state index in [0.717, 1.165) is 44.6 Å². The smallest absolute Gasteiger partial charge is 0.0928 e. The predicted octanol–water partition coefficient (Wildman–Crippen LogP) is 3.87. The van der Waals surface area contributed by atoms with E-state index in [1.165, 1.54) is 5.56 Å². The molecule has 1 fully saturated rings. The Bertz CT molecular complexity index is 491. The maximum atomic E-state index is 10.5. The van der Waals surface area contributed by atoms with Crippen LogP contribution in [0.5, 0.6) is 0 Å². The fourth-order valence-electron chi connectivity index (χ4n) is 3.94. The first-order chi connectivity index (χ1) is 11.4. The van der Waals surface area contributed by atoms with Gasteiger partial charge in [-0.15, -0.1) is 0 Å². The van der Waals surface area contributed by atoms with Crippen LogP contribution in [0.3, 0.4) is 0 Å². The van der Waals surface area contributed by atoms with Gasteiger partial charge in [-0.05, 0) is 25.3 Å². The van der Waals surface area contributed by atoms with Crippen molar-refractivity contribution in [3.63, 3.8) is 0 Å². The van der Waals surface area contributed by atoms with Crippen LogP contribution in [0.2, 0.25) is 13.1 Å². The third-order valence-electron chi connectivity index (χ3n) is 5.72. The van der Waals surface area contributed by atoms with Crippen molar-refractivity contribution in [2.45, 2.75) is 82.0 Å². The Morgan fingerprint density at radius 1 is 1.25 bits per heavy atom. The summed E-state index contributed by atoms with van der Waals surface area (Å²) in [4.78, 5) is 0. The molecule has 1 aliphatic rings. The van der Waals surface area contributed by atoms with Crippen LogP contribution in [0.1, 0.15) is 51.0 Å². The molecular weight excluding hydrogens is 316 g/mol. The van der Waals surface area contributed by atoms with E-state index < -0.39 is 19.4 Å². The third-order valence-corrected chi connectivity index (χ3v) is 10.0. The molecule has 0 spiro atoms. The highest BCUT2D eigenvalue weighted by molar-refractivity contribution is 6.79. The molecule has 0 radical (unpaired) electrons. The molecule has 136 valence electrons. The van der Waals surface area contributed by atoms with Crippen LogP contribution in [-0.4, -0.2) is 42.3 Å². The Morgan fingerprint density at radius 2 is 1.96 bits per heavy atom. The van der Waals surface area contributed by atoms with Crippen LogP contribution >= 0.6 is 0 Å². The van der Waals surface area contributed by atoms with Gasteiger partial charge >= 0.3 is 0 Å². The zero-order valence-electron chi connectivity index (χ0n) is 15.5.